The fraction of sp³-hybridized carbons (Fsp3) is 0.750. The van der Waals surface area contributed by atoms with E-state index >= 15 is 0 Å². The lowest BCUT2D eigenvalue weighted by molar-refractivity contribution is -0.126. The van der Waals surface area contributed by atoms with Crippen molar-refractivity contribution in [1.29, 1.82) is 0 Å². The van der Waals surface area contributed by atoms with Crippen LogP contribution < -0.4 is 5.32 Å². The molecule has 0 spiro atoms. The molecule has 5 heteroatoms. The number of anilines is 1. The molecular formula is C12H19N3OS. The average Bonchev–Trinajstić information content (AvgIpc) is 2.89. The van der Waals surface area contributed by atoms with E-state index in [1.54, 1.807) is 0 Å². The number of aryl methyl sites for hydroxylation is 1. The third kappa shape index (κ3) is 2.65. The van der Waals surface area contributed by atoms with Crippen molar-refractivity contribution in [2.75, 3.05) is 5.32 Å². The minimum atomic E-state index is -0.309. The molecule has 0 unspecified atom stereocenters. The normalized spacial score (nSPS) is 17.4. The molecular weight excluding hydrogens is 234 g/mol. The third-order valence-corrected chi connectivity index (χ3v) is 4.43. The zero-order chi connectivity index (χ0) is 12.5. The van der Waals surface area contributed by atoms with Crippen LogP contribution in [-0.4, -0.2) is 15.3 Å². The van der Waals surface area contributed by atoms with Crippen LogP contribution in [0.25, 0.3) is 0 Å². The molecule has 1 amide bonds. The van der Waals surface area contributed by atoms with Crippen molar-refractivity contribution in [2.45, 2.75) is 46.5 Å². The summed E-state index contributed by atoms with van der Waals surface area (Å²) in [5.74, 6) is 1.28. The van der Waals surface area contributed by atoms with E-state index in [0.29, 0.717) is 16.9 Å². The van der Waals surface area contributed by atoms with E-state index in [9.17, 15) is 4.79 Å². The Morgan fingerprint density at radius 3 is 2.59 bits per heavy atom. The zero-order valence-electron chi connectivity index (χ0n) is 10.6. The number of nitrogens with zero attached hydrogens (tertiary/aromatic N) is 2. The number of carbonyl (C=O) groups is 1. The molecule has 4 nitrogen and oxygen atoms in total. The maximum atomic E-state index is 12.3. The fourth-order valence-corrected chi connectivity index (χ4v) is 3.01. The van der Waals surface area contributed by atoms with Crippen molar-refractivity contribution in [1.82, 2.24) is 9.36 Å². The number of nitrogens with one attached hydrogen (secondary N) is 1. The molecule has 0 atom stereocenters. The van der Waals surface area contributed by atoms with E-state index in [1.165, 1.54) is 24.4 Å². The summed E-state index contributed by atoms with van der Waals surface area (Å²) in [4.78, 5) is 16.4. The Kier molecular flexibility index (Phi) is 3.47. The number of carbonyl (C=O) groups excluding carboxylic acids is 1. The molecule has 1 aliphatic rings. The van der Waals surface area contributed by atoms with Gasteiger partial charge in [0.25, 0.3) is 0 Å². The van der Waals surface area contributed by atoms with Gasteiger partial charge in [-0.2, -0.15) is 4.37 Å². The molecule has 1 aliphatic carbocycles. The summed E-state index contributed by atoms with van der Waals surface area (Å²) in [6.07, 6.45) is 4.82. The Morgan fingerprint density at radius 1 is 1.41 bits per heavy atom. The van der Waals surface area contributed by atoms with Crippen LogP contribution in [0.2, 0.25) is 0 Å². The van der Waals surface area contributed by atoms with Crippen molar-refractivity contribution in [3.05, 3.63) is 5.82 Å². The molecule has 1 N–H and O–H groups in total. The Labute approximate surface area is 106 Å². The van der Waals surface area contributed by atoms with Gasteiger partial charge in [0.2, 0.25) is 11.0 Å². The van der Waals surface area contributed by atoms with E-state index in [1.807, 2.05) is 20.8 Å². The topological polar surface area (TPSA) is 54.9 Å². The monoisotopic (exact) mass is 253 g/mol. The first-order chi connectivity index (χ1) is 8.00. The number of aromatic nitrogens is 2. The molecule has 0 radical (unpaired) electrons. The van der Waals surface area contributed by atoms with Gasteiger partial charge in [-0.15, -0.1) is 0 Å². The summed E-state index contributed by atoms with van der Waals surface area (Å²) in [6.45, 7) is 5.90. The van der Waals surface area contributed by atoms with Crippen LogP contribution in [-0.2, 0) is 4.79 Å². The number of rotatable bonds is 3. The molecule has 0 aliphatic heterocycles. The van der Waals surface area contributed by atoms with Crippen molar-refractivity contribution >= 4 is 22.6 Å². The summed E-state index contributed by atoms with van der Waals surface area (Å²) in [7, 11) is 0. The Balaban J connectivity index is 2.03. The molecule has 94 valence electrons. The van der Waals surface area contributed by atoms with E-state index in [4.69, 9.17) is 0 Å². The molecule has 17 heavy (non-hydrogen) atoms. The lowest BCUT2D eigenvalue weighted by Gasteiger charge is -2.29. The second kappa shape index (κ2) is 4.72. The van der Waals surface area contributed by atoms with Gasteiger partial charge in [0.1, 0.15) is 5.82 Å². The van der Waals surface area contributed by atoms with Gasteiger partial charge < -0.3 is 5.32 Å². The van der Waals surface area contributed by atoms with Gasteiger partial charge in [-0.05, 0) is 25.7 Å². The molecule has 0 aromatic carbocycles. The predicted octanol–water partition coefficient (Wildman–Crippen LogP) is 3.00. The lowest BCUT2D eigenvalue weighted by Crippen LogP contribution is -2.36. The second-order valence-electron chi connectivity index (χ2n) is 5.30. The average molecular weight is 253 g/mol. The van der Waals surface area contributed by atoms with Gasteiger partial charge >= 0.3 is 0 Å². The highest BCUT2D eigenvalue weighted by atomic mass is 32.1. The quantitative estimate of drug-likeness (QED) is 0.901. The summed E-state index contributed by atoms with van der Waals surface area (Å²) in [5, 5.41) is 3.50. The van der Waals surface area contributed by atoms with Gasteiger partial charge in [0.05, 0.1) is 0 Å². The summed E-state index contributed by atoms with van der Waals surface area (Å²) in [5.41, 5.74) is -0.309. The van der Waals surface area contributed by atoms with E-state index < -0.39 is 0 Å². The second-order valence-corrected chi connectivity index (χ2v) is 6.06. The van der Waals surface area contributed by atoms with Crippen molar-refractivity contribution in [3.8, 4) is 0 Å². The molecule has 2 rings (SSSR count). The highest BCUT2D eigenvalue weighted by Gasteiger charge is 2.38. The maximum Gasteiger partial charge on any atom is 0.232 e. The minimum Gasteiger partial charge on any atom is -0.300 e. The SMILES string of the molecule is Cc1nsc(NC(=O)C(C)(C)C2CCCC2)n1. The van der Waals surface area contributed by atoms with Gasteiger partial charge in [-0.1, -0.05) is 26.7 Å². The maximum absolute atomic E-state index is 12.3. The minimum absolute atomic E-state index is 0.0700. The van der Waals surface area contributed by atoms with Gasteiger partial charge in [-0.3, -0.25) is 4.79 Å². The summed E-state index contributed by atoms with van der Waals surface area (Å²) < 4.78 is 4.07. The summed E-state index contributed by atoms with van der Waals surface area (Å²) >= 11 is 1.24. The largest absolute Gasteiger partial charge is 0.300 e. The molecule has 0 saturated heterocycles. The van der Waals surface area contributed by atoms with Crippen LogP contribution in [0.3, 0.4) is 0 Å². The molecule has 1 heterocycles. The van der Waals surface area contributed by atoms with E-state index in [0.717, 1.165) is 12.8 Å². The first kappa shape index (κ1) is 12.5. The van der Waals surface area contributed by atoms with Crippen molar-refractivity contribution in [3.63, 3.8) is 0 Å². The Hall–Kier alpha value is -0.970. The van der Waals surface area contributed by atoms with E-state index in [-0.39, 0.29) is 11.3 Å². The van der Waals surface area contributed by atoms with Crippen LogP contribution in [0.5, 0.6) is 0 Å². The van der Waals surface area contributed by atoms with Gasteiger partial charge in [0, 0.05) is 16.9 Å². The molecule has 1 fully saturated rings. The number of amides is 1. The molecule has 1 aromatic rings. The van der Waals surface area contributed by atoms with Gasteiger partial charge in [-0.25, -0.2) is 4.98 Å². The van der Waals surface area contributed by atoms with Crippen molar-refractivity contribution < 1.29 is 4.79 Å². The molecule has 1 saturated carbocycles. The molecule has 0 bridgehead atoms. The Bertz CT molecular complexity index is 408. The number of hydrogen-bond donors (Lipinski definition) is 1. The smallest absolute Gasteiger partial charge is 0.232 e. The highest BCUT2D eigenvalue weighted by molar-refractivity contribution is 7.09. The zero-order valence-corrected chi connectivity index (χ0v) is 11.4. The summed E-state index contributed by atoms with van der Waals surface area (Å²) in [6, 6.07) is 0. The van der Waals surface area contributed by atoms with Crippen LogP contribution >= 0.6 is 11.5 Å². The lowest BCUT2D eigenvalue weighted by atomic mass is 9.77. The van der Waals surface area contributed by atoms with Crippen molar-refractivity contribution in [2.24, 2.45) is 11.3 Å². The van der Waals surface area contributed by atoms with E-state index in [2.05, 4.69) is 14.7 Å². The van der Waals surface area contributed by atoms with Crippen LogP contribution in [0, 0.1) is 18.3 Å². The highest BCUT2D eigenvalue weighted by Crippen LogP contribution is 2.40. The standard InChI is InChI=1S/C12H19N3OS/c1-8-13-11(17-15-8)14-10(16)12(2,3)9-6-4-5-7-9/h9H,4-7H2,1-3H3,(H,13,14,15,16). The predicted molar refractivity (Wildman–Crippen MR) is 69.0 cm³/mol. The first-order valence-corrected chi connectivity index (χ1v) is 6.89. The Morgan fingerprint density at radius 2 is 2.06 bits per heavy atom. The van der Waals surface area contributed by atoms with Crippen LogP contribution in [0.4, 0.5) is 5.13 Å². The number of hydrogen-bond acceptors (Lipinski definition) is 4. The van der Waals surface area contributed by atoms with Gasteiger partial charge in [0.15, 0.2) is 0 Å². The molecule has 1 aromatic heterocycles. The van der Waals surface area contributed by atoms with Crippen LogP contribution in [0.1, 0.15) is 45.4 Å². The third-order valence-electron chi connectivity index (χ3n) is 3.71. The fourth-order valence-electron chi connectivity index (χ4n) is 2.44. The first-order valence-electron chi connectivity index (χ1n) is 6.12. The van der Waals surface area contributed by atoms with Crippen LogP contribution in [0.15, 0.2) is 0 Å².